The second-order valence-electron chi connectivity index (χ2n) is 4.37. The van der Waals surface area contributed by atoms with E-state index in [0.717, 1.165) is 29.5 Å². The van der Waals surface area contributed by atoms with Crippen molar-refractivity contribution in [2.75, 3.05) is 22.9 Å². The average Bonchev–Trinajstić information content (AvgIpc) is 2.45. The van der Waals surface area contributed by atoms with Crippen LogP contribution < -0.4 is 16.4 Å². The number of halogens is 1. The van der Waals surface area contributed by atoms with Crippen molar-refractivity contribution in [1.29, 1.82) is 0 Å². The molecule has 0 fully saturated rings. The molecule has 0 atom stereocenters. The average molecular weight is 336 g/mol. The lowest BCUT2D eigenvalue weighted by Gasteiger charge is -2.13. The first-order chi connectivity index (χ1) is 9.72. The van der Waals surface area contributed by atoms with Crippen molar-refractivity contribution in [1.82, 2.24) is 9.97 Å². The molecule has 0 unspecified atom stereocenters. The number of benzene rings is 1. The number of hydrogen-bond donors (Lipinski definition) is 3. The van der Waals surface area contributed by atoms with Crippen molar-refractivity contribution < 1.29 is 0 Å². The van der Waals surface area contributed by atoms with Gasteiger partial charge in [0.15, 0.2) is 11.6 Å². The van der Waals surface area contributed by atoms with Gasteiger partial charge in [-0.1, -0.05) is 25.5 Å². The minimum Gasteiger partial charge on any atom is -0.393 e. The van der Waals surface area contributed by atoms with Gasteiger partial charge in [0.25, 0.3) is 0 Å². The van der Waals surface area contributed by atoms with Crippen molar-refractivity contribution in [3.63, 3.8) is 0 Å². The van der Waals surface area contributed by atoms with E-state index in [-0.39, 0.29) is 0 Å². The Bertz CT molecular complexity index is 573. The zero-order valence-corrected chi connectivity index (χ0v) is 12.9. The van der Waals surface area contributed by atoms with Crippen LogP contribution >= 0.6 is 15.9 Å². The monoisotopic (exact) mass is 335 g/mol. The van der Waals surface area contributed by atoms with Crippen molar-refractivity contribution in [2.24, 2.45) is 0 Å². The molecule has 5 nitrogen and oxygen atoms in total. The molecule has 1 heterocycles. The molecule has 0 saturated carbocycles. The molecule has 106 valence electrons. The standard InChI is InChI=1S/C14H18BrN5/c1-2-3-8-17-13-12(16)14(19-9-18-13)20-11-7-5-4-6-10(11)15/h4-7,9H,2-3,8,16H2,1H3,(H2,17,18,19,20). The first kappa shape index (κ1) is 14.6. The predicted octanol–water partition coefficient (Wildman–Crippen LogP) is 3.78. The van der Waals surface area contributed by atoms with E-state index >= 15 is 0 Å². The van der Waals surface area contributed by atoms with Gasteiger partial charge < -0.3 is 16.4 Å². The molecule has 0 spiro atoms. The van der Waals surface area contributed by atoms with Gasteiger partial charge in [0.05, 0.1) is 5.69 Å². The molecule has 0 aliphatic heterocycles. The summed E-state index contributed by atoms with van der Waals surface area (Å²) in [7, 11) is 0. The molecule has 0 aliphatic carbocycles. The van der Waals surface area contributed by atoms with Crippen molar-refractivity contribution in [3.8, 4) is 0 Å². The van der Waals surface area contributed by atoms with Gasteiger partial charge in [-0.2, -0.15) is 0 Å². The molecule has 1 aromatic heterocycles. The van der Waals surface area contributed by atoms with Gasteiger partial charge in [-0.3, -0.25) is 0 Å². The molecule has 20 heavy (non-hydrogen) atoms. The summed E-state index contributed by atoms with van der Waals surface area (Å²) in [5, 5.41) is 6.44. The Morgan fingerprint density at radius 3 is 2.70 bits per heavy atom. The maximum Gasteiger partial charge on any atom is 0.159 e. The molecule has 0 saturated heterocycles. The molecule has 0 amide bonds. The topological polar surface area (TPSA) is 75.9 Å². The molecule has 0 aliphatic rings. The first-order valence-electron chi connectivity index (χ1n) is 6.58. The largest absolute Gasteiger partial charge is 0.393 e. The minimum atomic E-state index is 0.527. The third kappa shape index (κ3) is 3.60. The maximum atomic E-state index is 6.10. The van der Waals surface area contributed by atoms with E-state index < -0.39 is 0 Å². The van der Waals surface area contributed by atoms with E-state index in [1.807, 2.05) is 24.3 Å². The molecule has 6 heteroatoms. The highest BCUT2D eigenvalue weighted by Gasteiger charge is 2.08. The highest BCUT2D eigenvalue weighted by Crippen LogP contribution is 2.29. The van der Waals surface area contributed by atoms with E-state index in [1.54, 1.807) is 0 Å². The van der Waals surface area contributed by atoms with Gasteiger partial charge in [-0.25, -0.2) is 9.97 Å². The zero-order valence-electron chi connectivity index (χ0n) is 11.4. The van der Waals surface area contributed by atoms with Crippen LogP contribution in [0.25, 0.3) is 0 Å². The Kier molecular flexibility index (Phi) is 5.17. The Morgan fingerprint density at radius 2 is 1.95 bits per heavy atom. The van der Waals surface area contributed by atoms with Crippen LogP contribution in [0.15, 0.2) is 35.1 Å². The fourth-order valence-electron chi connectivity index (χ4n) is 1.71. The van der Waals surface area contributed by atoms with Gasteiger partial charge in [-0.15, -0.1) is 0 Å². The minimum absolute atomic E-state index is 0.527. The lowest BCUT2D eigenvalue weighted by Crippen LogP contribution is -2.09. The van der Waals surface area contributed by atoms with Crippen molar-refractivity contribution in [3.05, 3.63) is 35.1 Å². The first-order valence-corrected chi connectivity index (χ1v) is 7.37. The molecule has 2 aromatic rings. The number of nitrogens with zero attached hydrogens (tertiary/aromatic N) is 2. The number of rotatable bonds is 6. The van der Waals surface area contributed by atoms with E-state index in [4.69, 9.17) is 5.73 Å². The number of unbranched alkanes of at least 4 members (excludes halogenated alkanes) is 1. The molecule has 4 N–H and O–H groups in total. The van der Waals surface area contributed by atoms with Crippen LogP contribution in [0.5, 0.6) is 0 Å². The smallest absolute Gasteiger partial charge is 0.159 e. The summed E-state index contributed by atoms with van der Waals surface area (Å²) in [6.07, 6.45) is 3.71. The van der Waals surface area contributed by atoms with Crippen LogP contribution in [0, 0.1) is 0 Å². The highest BCUT2D eigenvalue weighted by atomic mass is 79.9. The summed E-state index contributed by atoms with van der Waals surface area (Å²) in [5.41, 5.74) is 7.54. The SMILES string of the molecule is CCCCNc1ncnc(Nc2ccccc2Br)c1N. The highest BCUT2D eigenvalue weighted by molar-refractivity contribution is 9.10. The summed E-state index contributed by atoms with van der Waals surface area (Å²) in [6.45, 7) is 3.00. The number of para-hydroxylation sites is 1. The van der Waals surface area contributed by atoms with Crippen LogP contribution in [0.2, 0.25) is 0 Å². The number of nitrogens with one attached hydrogen (secondary N) is 2. The second kappa shape index (κ2) is 7.09. The molecule has 0 bridgehead atoms. The lowest BCUT2D eigenvalue weighted by atomic mass is 10.3. The Hall–Kier alpha value is -1.82. The lowest BCUT2D eigenvalue weighted by molar-refractivity contribution is 0.831. The van der Waals surface area contributed by atoms with Crippen LogP contribution in [0.4, 0.5) is 23.0 Å². The Labute approximate surface area is 127 Å². The van der Waals surface area contributed by atoms with Crippen LogP contribution in [0.1, 0.15) is 19.8 Å². The summed E-state index contributed by atoms with van der Waals surface area (Å²) in [4.78, 5) is 8.37. The van der Waals surface area contributed by atoms with Gasteiger partial charge in [0, 0.05) is 11.0 Å². The number of anilines is 4. The van der Waals surface area contributed by atoms with Gasteiger partial charge in [0.2, 0.25) is 0 Å². The quantitative estimate of drug-likeness (QED) is 0.700. The summed E-state index contributed by atoms with van der Waals surface area (Å²) in [6, 6.07) is 7.82. The second-order valence-corrected chi connectivity index (χ2v) is 5.22. The fourth-order valence-corrected chi connectivity index (χ4v) is 2.09. The number of nitrogen functional groups attached to an aromatic ring is 1. The van der Waals surface area contributed by atoms with Gasteiger partial charge >= 0.3 is 0 Å². The fraction of sp³-hybridized carbons (Fsp3) is 0.286. The van der Waals surface area contributed by atoms with E-state index in [2.05, 4.69) is 43.5 Å². The molecule has 2 rings (SSSR count). The van der Waals surface area contributed by atoms with Crippen molar-refractivity contribution >= 4 is 38.9 Å². The third-order valence-corrected chi connectivity index (χ3v) is 3.53. The van der Waals surface area contributed by atoms with Crippen molar-refractivity contribution in [2.45, 2.75) is 19.8 Å². The van der Waals surface area contributed by atoms with Crippen LogP contribution in [0.3, 0.4) is 0 Å². The Balaban J connectivity index is 2.16. The summed E-state index contributed by atoms with van der Waals surface area (Å²) >= 11 is 3.49. The molecule has 0 radical (unpaired) electrons. The summed E-state index contributed by atoms with van der Waals surface area (Å²) < 4.78 is 0.957. The number of aromatic nitrogens is 2. The Morgan fingerprint density at radius 1 is 1.20 bits per heavy atom. The third-order valence-electron chi connectivity index (χ3n) is 2.83. The van der Waals surface area contributed by atoms with Gasteiger partial charge in [0.1, 0.15) is 12.0 Å². The van der Waals surface area contributed by atoms with E-state index in [0.29, 0.717) is 17.3 Å². The number of nitrogens with two attached hydrogens (primary N) is 1. The van der Waals surface area contributed by atoms with Crippen LogP contribution in [-0.2, 0) is 0 Å². The number of hydrogen-bond acceptors (Lipinski definition) is 5. The normalized spacial score (nSPS) is 10.3. The predicted molar refractivity (Wildman–Crippen MR) is 87.3 cm³/mol. The van der Waals surface area contributed by atoms with E-state index in [1.165, 1.54) is 6.33 Å². The molecular weight excluding hydrogens is 318 g/mol. The zero-order chi connectivity index (χ0) is 14.4. The summed E-state index contributed by atoms with van der Waals surface area (Å²) in [5.74, 6) is 1.27. The van der Waals surface area contributed by atoms with Crippen LogP contribution in [-0.4, -0.2) is 16.5 Å². The van der Waals surface area contributed by atoms with E-state index in [9.17, 15) is 0 Å². The van der Waals surface area contributed by atoms with Gasteiger partial charge in [-0.05, 0) is 34.5 Å². The molecule has 1 aromatic carbocycles. The maximum absolute atomic E-state index is 6.10. The molecular formula is C14H18BrN5.